The zero-order valence-electron chi connectivity index (χ0n) is 9.69. The maximum absolute atomic E-state index is 9.91. The zero-order chi connectivity index (χ0) is 11.2. The molecule has 0 saturated carbocycles. The molecule has 0 fully saturated rings. The molecule has 3 heteroatoms. The third-order valence-electron chi connectivity index (χ3n) is 2.84. The lowest BCUT2D eigenvalue weighted by atomic mass is 10.1. The van der Waals surface area contributed by atoms with Crippen molar-refractivity contribution in [2.45, 2.75) is 19.1 Å². The van der Waals surface area contributed by atoms with Gasteiger partial charge < -0.3 is 9.84 Å². The van der Waals surface area contributed by atoms with Gasteiger partial charge in [0.2, 0.25) is 0 Å². The summed E-state index contributed by atoms with van der Waals surface area (Å²) in [6.07, 6.45) is -0.630. The van der Waals surface area contributed by atoms with Crippen LogP contribution in [0.4, 0.5) is 5.69 Å². The van der Waals surface area contributed by atoms with Gasteiger partial charge in [0.1, 0.15) is 23.6 Å². The lowest BCUT2D eigenvalue weighted by Gasteiger charge is -2.23. The number of hydrogen-bond donors (Lipinski definition) is 1. The minimum atomic E-state index is -0.494. The van der Waals surface area contributed by atoms with Crippen molar-refractivity contribution in [3.05, 3.63) is 23.8 Å². The second-order valence-electron chi connectivity index (χ2n) is 5.00. The molecule has 0 radical (unpaired) electrons. The van der Waals surface area contributed by atoms with E-state index in [9.17, 15) is 5.11 Å². The summed E-state index contributed by atoms with van der Waals surface area (Å²) in [4.78, 5) is 0. The Balaban J connectivity index is 2.44. The van der Waals surface area contributed by atoms with E-state index >= 15 is 0 Å². The van der Waals surface area contributed by atoms with Gasteiger partial charge in [-0.2, -0.15) is 0 Å². The second-order valence-corrected chi connectivity index (χ2v) is 5.00. The Morgan fingerprint density at radius 1 is 1.27 bits per heavy atom. The minimum absolute atomic E-state index is 0.136. The number of ether oxygens (including phenoxy) is 1. The van der Waals surface area contributed by atoms with Crippen LogP contribution in [0, 0.1) is 0 Å². The molecule has 0 bridgehead atoms. The maximum atomic E-state index is 9.91. The van der Waals surface area contributed by atoms with Crippen molar-refractivity contribution >= 4 is 5.69 Å². The predicted octanol–water partition coefficient (Wildman–Crippen LogP) is 1.70. The summed E-state index contributed by atoms with van der Waals surface area (Å²) in [6.45, 7) is 1.89. The monoisotopic (exact) mass is 208 g/mol. The lowest BCUT2D eigenvalue weighted by Crippen LogP contribution is -2.34. The van der Waals surface area contributed by atoms with E-state index in [-0.39, 0.29) is 6.10 Å². The molecular weight excluding hydrogens is 190 g/mol. The first kappa shape index (κ1) is 10.5. The molecule has 1 heterocycles. The van der Waals surface area contributed by atoms with E-state index < -0.39 is 6.10 Å². The van der Waals surface area contributed by atoms with Crippen LogP contribution in [0.5, 0.6) is 5.75 Å². The van der Waals surface area contributed by atoms with Gasteiger partial charge in [-0.25, -0.2) is 0 Å². The Morgan fingerprint density at radius 2 is 1.93 bits per heavy atom. The Kier molecular flexibility index (Phi) is 2.24. The molecule has 2 atom stereocenters. The van der Waals surface area contributed by atoms with E-state index in [1.165, 1.54) is 5.69 Å². The van der Waals surface area contributed by atoms with Gasteiger partial charge in [-0.05, 0) is 13.0 Å². The van der Waals surface area contributed by atoms with Crippen molar-refractivity contribution in [3.8, 4) is 5.75 Å². The number of benzene rings is 1. The number of aliphatic hydroxyl groups excluding tert-OH is 1. The molecule has 1 aromatic carbocycles. The fraction of sp³-hybridized carbons (Fsp3) is 0.500. The van der Waals surface area contributed by atoms with Crippen molar-refractivity contribution in [3.63, 3.8) is 0 Å². The summed E-state index contributed by atoms with van der Waals surface area (Å²) >= 11 is 0. The first-order valence-electron chi connectivity index (χ1n) is 5.20. The Hall–Kier alpha value is -1.06. The summed E-state index contributed by atoms with van der Waals surface area (Å²) in [5.74, 6) is 0.812. The quantitative estimate of drug-likeness (QED) is 0.712. The van der Waals surface area contributed by atoms with Gasteiger partial charge in [0, 0.05) is 17.7 Å². The summed E-state index contributed by atoms with van der Waals surface area (Å²) < 4.78 is 6.27. The van der Waals surface area contributed by atoms with E-state index in [1.807, 2.05) is 25.1 Å². The SMILES string of the molecule is CC1Oc2ccc([N+](C)(C)C)cc2C1O. The summed E-state index contributed by atoms with van der Waals surface area (Å²) in [5, 5.41) is 9.91. The third kappa shape index (κ3) is 1.73. The first-order valence-corrected chi connectivity index (χ1v) is 5.20. The molecule has 2 rings (SSSR count). The van der Waals surface area contributed by atoms with Crippen LogP contribution in [-0.2, 0) is 0 Å². The summed E-state index contributed by atoms with van der Waals surface area (Å²) in [5.41, 5.74) is 2.08. The molecule has 1 aliphatic heterocycles. The number of rotatable bonds is 1. The molecule has 1 N–H and O–H groups in total. The summed E-state index contributed by atoms with van der Waals surface area (Å²) in [6, 6.07) is 6.02. The van der Waals surface area contributed by atoms with Crippen molar-refractivity contribution < 1.29 is 9.84 Å². The minimum Gasteiger partial charge on any atom is -0.487 e. The lowest BCUT2D eigenvalue weighted by molar-refractivity contribution is 0.0795. The highest BCUT2D eigenvalue weighted by atomic mass is 16.5. The molecule has 2 unspecified atom stereocenters. The van der Waals surface area contributed by atoms with Crippen molar-refractivity contribution in [2.75, 3.05) is 21.1 Å². The smallest absolute Gasteiger partial charge is 0.132 e. The van der Waals surface area contributed by atoms with E-state index in [4.69, 9.17) is 4.74 Å². The van der Waals surface area contributed by atoms with Crippen molar-refractivity contribution in [1.29, 1.82) is 0 Å². The van der Waals surface area contributed by atoms with Gasteiger partial charge in [-0.3, -0.25) is 4.48 Å². The molecule has 1 aliphatic rings. The molecule has 15 heavy (non-hydrogen) atoms. The molecule has 82 valence electrons. The zero-order valence-corrected chi connectivity index (χ0v) is 9.69. The molecule has 0 saturated heterocycles. The Morgan fingerprint density at radius 3 is 2.53 bits per heavy atom. The first-order chi connectivity index (χ1) is 6.89. The van der Waals surface area contributed by atoms with Crippen LogP contribution in [0.1, 0.15) is 18.6 Å². The van der Waals surface area contributed by atoms with Gasteiger partial charge in [-0.15, -0.1) is 0 Å². The second kappa shape index (κ2) is 3.22. The van der Waals surface area contributed by atoms with E-state index in [1.54, 1.807) is 0 Å². The van der Waals surface area contributed by atoms with E-state index in [0.717, 1.165) is 15.8 Å². The summed E-state index contributed by atoms with van der Waals surface area (Å²) in [7, 11) is 6.31. The number of fused-ring (bicyclic) bond motifs is 1. The van der Waals surface area contributed by atoms with Gasteiger partial charge >= 0.3 is 0 Å². The van der Waals surface area contributed by atoms with Crippen LogP contribution in [0.25, 0.3) is 0 Å². The van der Waals surface area contributed by atoms with Crippen LogP contribution >= 0.6 is 0 Å². The molecule has 0 aromatic heterocycles. The fourth-order valence-corrected chi connectivity index (χ4v) is 1.81. The molecule has 1 aromatic rings. The highest BCUT2D eigenvalue weighted by Crippen LogP contribution is 2.39. The fourth-order valence-electron chi connectivity index (χ4n) is 1.81. The normalized spacial score (nSPS) is 24.9. The molecular formula is C12H18NO2+. The maximum Gasteiger partial charge on any atom is 0.132 e. The van der Waals surface area contributed by atoms with Crippen LogP contribution in [0.2, 0.25) is 0 Å². The van der Waals surface area contributed by atoms with E-state index in [2.05, 4.69) is 21.1 Å². The number of nitrogens with zero attached hydrogens (tertiary/aromatic N) is 1. The average Bonchev–Trinajstić information content (AvgIpc) is 2.41. The highest BCUT2D eigenvalue weighted by molar-refractivity contribution is 5.52. The van der Waals surface area contributed by atoms with Crippen LogP contribution in [0.15, 0.2) is 18.2 Å². The van der Waals surface area contributed by atoms with Crippen molar-refractivity contribution in [2.24, 2.45) is 0 Å². The van der Waals surface area contributed by atoms with E-state index in [0.29, 0.717) is 0 Å². The average molecular weight is 208 g/mol. The number of aliphatic hydroxyl groups is 1. The molecule has 3 nitrogen and oxygen atoms in total. The topological polar surface area (TPSA) is 29.5 Å². The van der Waals surface area contributed by atoms with Crippen LogP contribution in [0.3, 0.4) is 0 Å². The number of hydrogen-bond acceptors (Lipinski definition) is 2. The van der Waals surface area contributed by atoms with Gasteiger partial charge in [0.15, 0.2) is 0 Å². The standard InChI is InChI=1S/C12H18NO2/c1-8-12(14)10-7-9(13(2,3)4)5-6-11(10)15-8/h5-8,12,14H,1-4H3/q+1. The van der Waals surface area contributed by atoms with Crippen molar-refractivity contribution in [1.82, 2.24) is 4.48 Å². The van der Waals surface area contributed by atoms with Gasteiger partial charge in [0.25, 0.3) is 0 Å². The highest BCUT2D eigenvalue weighted by Gasteiger charge is 2.30. The predicted molar refractivity (Wildman–Crippen MR) is 61.1 cm³/mol. The Bertz CT molecular complexity index is 382. The Labute approximate surface area is 90.5 Å². The van der Waals surface area contributed by atoms with Crippen LogP contribution < -0.4 is 9.22 Å². The third-order valence-corrected chi connectivity index (χ3v) is 2.84. The molecule has 0 amide bonds. The van der Waals surface area contributed by atoms with Crippen LogP contribution in [-0.4, -0.2) is 32.4 Å². The van der Waals surface area contributed by atoms with Gasteiger partial charge in [0.05, 0.1) is 21.1 Å². The number of quaternary nitrogens is 1. The molecule has 0 aliphatic carbocycles. The van der Waals surface area contributed by atoms with Gasteiger partial charge in [-0.1, -0.05) is 0 Å². The molecule has 0 spiro atoms. The largest absolute Gasteiger partial charge is 0.487 e.